The van der Waals surface area contributed by atoms with Gasteiger partial charge in [0.1, 0.15) is 54.4 Å². The van der Waals surface area contributed by atoms with E-state index in [-0.39, 0.29) is 68.8 Å². The zero-order chi connectivity index (χ0) is 68.9. The molecule has 32 nitrogen and oxygen atoms in total. The van der Waals surface area contributed by atoms with Gasteiger partial charge in [-0.15, -0.1) is 0 Å². The maximum atomic E-state index is 14.6. The van der Waals surface area contributed by atoms with Crippen LogP contribution < -0.4 is 76.1 Å². The second kappa shape index (κ2) is 39.8. The normalized spacial score (nSPS) is 16.0. The van der Waals surface area contributed by atoms with Crippen molar-refractivity contribution in [2.24, 2.45) is 57.5 Å². The van der Waals surface area contributed by atoms with Crippen LogP contribution in [-0.2, 0) is 64.0 Å². The molecular weight excluding hydrogens is 1180 g/mol. The second-order valence-electron chi connectivity index (χ2n) is 23.9. The Labute approximate surface area is 524 Å². The van der Waals surface area contributed by atoms with Crippen molar-refractivity contribution in [3.63, 3.8) is 0 Å². The Morgan fingerprint density at radius 1 is 0.522 bits per heavy atom. The minimum atomic E-state index is -2.43. The van der Waals surface area contributed by atoms with Crippen molar-refractivity contribution in [1.82, 2.24) is 53.2 Å². The summed E-state index contributed by atoms with van der Waals surface area (Å²) in [4.78, 5) is 166. The lowest BCUT2D eigenvalue weighted by atomic mass is 9.96. The first-order valence-corrected chi connectivity index (χ1v) is 30.0. The highest BCUT2D eigenvalue weighted by Gasteiger charge is 2.40. The van der Waals surface area contributed by atoms with Gasteiger partial charge in [0.25, 0.3) is 0 Å². The third-order valence-corrected chi connectivity index (χ3v) is 14.1. The molecule has 0 heterocycles. The van der Waals surface area contributed by atoms with Crippen LogP contribution in [-0.4, -0.2) is 201 Å². The Kier molecular flexibility index (Phi) is 35.4. The van der Waals surface area contributed by atoms with Crippen LogP contribution in [0.2, 0.25) is 0 Å². The summed E-state index contributed by atoms with van der Waals surface area (Å²) in [7, 11) is 0. The number of amides is 11. The third-order valence-electron chi connectivity index (χ3n) is 14.1. The molecule has 32 heteroatoms. The summed E-state index contributed by atoms with van der Waals surface area (Å²) in [6, 6.07) is -7.05. The van der Waals surface area contributed by atoms with Crippen molar-refractivity contribution in [1.29, 1.82) is 0 Å². The number of aliphatic carboxylic acids is 1. The predicted molar refractivity (Wildman–Crippen MR) is 329 cm³/mol. The summed E-state index contributed by atoms with van der Waals surface area (Å²) >= 11 is 0. The molecule has 0 fully saturated rings. The van der Waals surface area contributed by atoms with Gasteiger partial charge in [0.15, 0.2) is 12.1 Å². The topological polar surface area (TPSA) is 543 Å². The fourth-order valence-corrected chi connectivity index (χ4v) is 8.89. The van der Waals surface area contributed by atoms with Gasteiger partial charge >= 0.3 is 5.97 Å². The van der Waals surface area contributed by atoms with Crippen molar-refractivity contribution in [3.05, 3.63) is 35.9 Å². The molecule has 0 aliphatic rings. The molecule has 0 saturated carbocycles. The van der Waals surface area contributed by atoms with Gasteiger partial charge in [0.05, 0.1) is 31.4 Å². The molecule has 0 unspecified atom stereocenters. The van der Waals surface area contributed by atoms with Crippen LogP contribution in [0.4, 0.5) is 0 Å². The Hall–Kier alpha value is -8.07. The van der Waals surface area contributed by atoms with Gasteiger partial charge in [0, 0.05) is 13.0 Å². The lowest BCUT2D eigenvalue weighted by Crippen LogP contribution is -2.63. The van der Waals surface area contributed by atoms with E-state index in [9.17, 15) is 83.1 Å². The van der Waals surface area contributed by atoms with Gasteiger partial charge < -0.3 is 102 Å². The maximum absolute atomic E-state index is 14.6. The van der Waals surface area contributed by atoms with Gasteiger partial charge in [0.2, 0.25) is 65.0 Å². The van der Waals surface area contributed by atoms with E-state index in [2.05, 4.69) is 47.5 Å². The second-order valence-corrected chi connectivity index (χ2v) is 23.9. The van der Waals surface area contributed by atoms with Crippen LogP contribution in [0, 0.1) is 29.6 Å². The van der Waals surface area contributed by atoms with E-state index in [1.807, 2.05) is 33.0 Å². The number of nitrogens with two attached hydrogens (primary N) is 4. The molecule has 1 aromatic carbocycles. The first-order chi connectivity index (χ1) is 41.9. The first-order valence-electron chi connectivity index (χ1n) is 30.0. The molecule has 0 aromatic heterocycles. The summed E-state index contributed by atoms with van der Waals surface area (Å²) in [6.45, 7) is 16.2. The fraction of sp³-hybridized carbons (Fsp3) is 0.672. The van der Waals surface area contributed by atoms with Crippen molar-refractivity contribution in [3.8, 4) is 0 Å². The van der Waals surface area contributed by atoms with E-state index in [4.69, 9.17) is 22.9 Å². The highest BCUT2D eigenvalue weighted by atomic mass is 16.4. The number of nitrogens with zero attached hydrogens (tertiary/aromatic N) is 1. The highest BCUT2D eigenvalue weighted by molar-refractivity contribution is 6.00. The summed E-state index contributed by atoms with van der Waals surface area (Å²) in [5.41, 5.74) is 22.9. The molecule has 508 valence electrons. The number of rotatable bonds is 41. The first kappa shape index (κ1) is 79.9. The van der Waals surface area contributed by atoms with Crippen LogP contribution in [0.1, 0.15) is 120 Å². The standard InChI is InChI=1S/C58H99N15O17/c1-12-31(10)41(54(86)72-42(32(11)75)53(85)64-25-40(76)70-44(46(78)47(60)79)56(88)69-39(26-74)57(89)90)71-49(81)35(19-16-20-63-58(61)62)65-50(82)37(23-29(6)7)68-55(87)43(45(77)30(8)9)73-52(84)38(24-33-17-14-13-15-18-33)67-51(83)36(22-28(4)5)66-48(80)34(59)21-27(2)3/h13-15,17-18,27-32,34-39,41-46,74-75,77-78H,12,16,19-26,59H2,1-11H3,(H2,60,79)(H,64,85)(H,65,82)(H,66,80)(H,67,83)(H,68,87)(H,69,88)(H,70,76)(H,71,81)(H,72,86)(H,73,84)(H,89,90)(H4,61,62,63)/t31-,32-,34+,35+,36-,37-,38-,39-,41-,42-,43-,44-,45+,46-/m0/s1. The van der Waals surface area contributed by atoms with Crippen molar-refractivity contribution >= 4 is 76.9 Å². The molecule has 0 saturated heterocycles. The number of guanidine groups is 1. The number of nitrogens with one attached hydrogen (secondary N) is 10. The number of carbonyl (C=O) groups excluding carboxylic acids is 11. The van der Waals surface area contributed by atoms with Crippen LogP contribution >= 0.6 is 0 Å². The van der Waals surface area contributed by atoms with E-state index in [1.54, 1.807) is 77.2 Å². The molecule has 11 amide bonds. The van der Waals surface area contributed by atoms with Gasteiger partial charge in [-0.3, -0.25) is 57.7 Å². The van der Waals surface area contributed by atoms with Gasteiger partial charge in [-0.25, -0.2) is 4.79 Å². The average molecular weight is 1280 g/mol. The summed E-state index contributed by atoms with van der Waals surface area (Å²) in [5, 5.41) is 75.1. The number of hydrogen-bond acceptors (Lipinski definition) is 18. The van der Waals surface area contributed by atoms with Crippen LogP contribution in [0.15, 0.2) is 35.3 Å². The number of carboxylic acid groups (broad SMARTS) is 1. The van der Waals surface area contributed by atoms with Crippen molar-refractivity contribution in [2.75, 3.05) is 19.7 Å². The average Bonchev–Trinajstić information content (AvgIpc) is 1.14. The quantitative estimate of drug-likeness (QED) is 0.0165. The number of carboxylic acids is 1. The largest absolute Gasteiger partial charge is 0.480 e. The minimum Gasteiger partial charge on any atom is -0.480 e. The molecule has 0 radical (unpaired) electrons. The Morgan fingerprint density at radius 2 is 0.978 bits per heavy atom. The van der Waals surface area contributed by atoms with Crippen LogP contribution in [0.5, 0.6) is 0 Å². The molecule has 0 spiro atoms. The van der Waals surface area contributed by atoms with E-state index < -0.39 is 175 Å². The third kappa shape index (κ3) is 28.6. The molecular formula is C58H99N15O17. The molecule has 0 aliphatic heterocycles. The monoisotopic (exact) mass is 1280 g/mol. The molecule has 1 rings (SSSR count). The summed E-state index contributed by atoms with van der Waals surface area (Å²) in [6.07, 6.45) is -5.28. The SMILES string of the molecule is CC[C@H](C)[C@H](NC(=O)[C@@H](CCCN=C(N)N)NC(=O)[C@H](CC(C)C)NC(=O)[C@@H](NC(=O)[C@H](Cc1ccccc1)NC(=O)[C@H](CC(C)C)NC(=O)[C@H](N)CC(C)C)[C@H](O)C(C)C)C(=O)N[C@H](C(=O)NCC(=O)N[C@H](C(=O)N[C@@H](CO)C(=O)O)[C@H](O)C(N)=O)[C@H](C)O. The summed E-state index contributed by atoms with van der Waals surface area (Å²) in [5.74, 6) is -15.3. The maximum Gasteiger partial charge on any atom is 0.328 e. The molecule has 23 N–H and O–H groups in total. The molecule has 90 heavy (non-hydrogen) atoms. The Morgan fingerprint density at radius 3 is 1.46 bits per heavy atom. The number of benzene rings is 1. The van der Waals surface area contributed by atoms with E-state index >= 15 is 0 Å². The Balaban J connectivity index is 3.64. The minimum absolute atomic E-state index is 0.0409. The number of primary amides is 1. The number of aliphatic hydroxyl groups excluding tert-OH is 4. The molecule has 14 atom stereocenters. The molecule has 0 bridgehead atoms. The van der Waals surface area contributed by atoms with E-state index in [1.165, 1.54) is 0 Å². The van der Waals surface area contributed by atoms with Crippen molar-refractivity contribution in [2.45, 2.75) is 200 Å². The zero-order valence-corrected chi connectivity index (χ0v) is 53.2. The lowest BCUT2D eigenvalue weighted by molar-refractivity contribution is -0.145. The highest BCUT2D eigenvalue weighted by Crippen LogP contribution is 2.16. The van der Waals surface area contributed by atoms with Crippen molar-refractivity contribution < 1.29 is 83.1 Å². The van der Waals surface area contributed by atoms with Crippen LogP contribution in [0.25, 0.3) is 0 Å². The molecule has 0 aliphatic carbocycles. The smallest absolute Gasteiger partial charge is 0.328 e. The lowest BCUT2D eigenvalue weighted by Gasteiger charge is -2.31. The number of aliphatic hydroxyl groups is 4. The van der Waals surface area contributed by atoms with Gasteiger partial charge in [-0.2, -0.15) is 0 Å². The number of carbonyl (C=O) groups is 12. The summed E-state index contributed by atoms with van der Waals surface area (Å²) < 4.78 is 0. The van der Waals surface area contributed by atoms with Gasteiger partial charge in [-0.05, 0) is 74.2 Å². The number of aliphatic imine (C=N–C) groups is 1. The number of hydrogen-bond donors (Lipinski definition) is 19. The predicted octanol–water partition coefficient (Wildman–Crippen LogP) is -5.41. The van der Waals surface area contributed by atoms with E-state index in [0.29, 0.717) is 12.0 Å². The van der Waals surface area contributed by atoms with E-state index in [0.717, 1.165) is 6.92 Å². The van der Waals surface area contributed by atoms with Gasteiger partial charge in [-0.1, -0.05) is 106 Å². The Bertz CT molecular complexity index is 2590. The van der Waals surface area contributed by atoms with Crippen LogP contribution in [0.3, 0.4) is 0 Å². The fourth-order valence-electron chi connectivity index (χ4n) is 8.89. The zero-order valence-electron chi connectivity index (χ0n) is 53.2. The molecule has 1 aromatic rings.